The van der Waals surface area contributed by atoms with E-state index in [1.807, 2.05) is 35.7 Å². The molecule has 4 nitrogen and oxygen atoms in total. The van der Waals surface area contributed by atoms with Gasteiger partial charge in [0.15, 0.2) is 0 Å². The molecule has 1 heterocycles. The number of carboxylic acids is 1. The minimum Gasteiger partial charge on any atom is -0.481 e. The summed E-state index contributed by atoms with van der Waals surface area (Å²) in [5.74, 6) is -1.19. The van der Waals surface area contributed by atoms with Crippen molar-refractivity contribution in [1.29, 1.82) is 0 Å². The Morgan fingerprint density at radius 1 is 1.16 bits per heavy atom. The molecule has 98 valence electrons. The number of rotatable bonds is 5. The van der Waals surface area contributed by atoms with Crippen molar-refractivity contribution >= 4 is 23.2 Å². The standard InChI is InChI=1S/C14H13NO3S/c16-13(17)9-11(10-5-2-1-3-6-10)15-14(18)12-7-4-8-19-12/h1-8,11H,9H2,(H,15,18)(H,16,17). The van der Waals surface area contributed by atoms with Gasteiger partial charge in [0.2, 0.25) is 0 Å². The highest BCUT2D eigenvalue weighted by Crippen LogP contribution is 2.18. The number of aliphatic carboxylic acids is 1. The predicted molar refractivity (Wildman–Crippen MR) is 73.2 cm³/mol. The molecule has 0 fully saturated rings. The molecule has 0 aliphatic carbocycles. The molecular formula is C14H13NO3S. The summed E-state index contributed by atoms with van der Waals surface area (Å²) >= 11 is 1.33. The van der Waals surface area contributed by atoms with Gasteiger partial charge in [-0.15, -0.1) is 11.3 Å². The number of carboxylic acid groups (broad SMARTS) is 1. The smallest absolute Gasteiger partial charge is 0.305 e. The third-order valence-corrected chi connectivity index (χ3v) is 3.50. The Labute approximate surface area is 114 Å². The SMILES string of the molecule is O=C(O)CC(NC(=O)c1cccs1)c1ccccc1. The number of carbonyl (C=O) groups excluding carboxylic acids is 1. The number of benzene rings is 1. The van der Waals surface area contributed by atoms with Gasteiger partial charge in [0, 0.05) is 0 Å². The first-order valence-electron chi connectivity index (χ1n) is 5.78. The number of amides is 1. The van der Waals surface area contributed by atoms with E-state index in [4.69, 9.17) is 5.11 Å². The summed E-state index contributed by atoms with van der Waals surface area (Å²) in [5, 5.41) is 13.5. The molecule has 0 saturated carbocycles. The van der Waals surface area contributed by atoms with Crippen LogP contribution in [-0.4, -0.2) is 17.0 Å². The molecule has 0 spiro atoms. The zero-order chi connectivity index (χ0) is 13.7. The lowest BCUT2D eigenvalue weighted by molar-refractivity contribution is -0.137. The van der Waals surface area contributed by atoms with E-state index >= 15 is 0 Å². The Bertz CT molecular complexity index is 551. The molecule has 1 atom stereocenters. The quantitative estimate of drug-likeness (QED) is 0.881. The van der Waals surface area contributed by atoms with Crippen LogP contribution in [0.2, 0.25) is 0 Å². The number of hydrogen-bond acceptors (Lipinski definition) is 3. The number of thiophene rings is 1. The molecule has 1 aromatic heterocycles. The van der Waals surface area contributed by atoms with Crippen LogP contribution in [0, 0.1) is 0 Å². The van der Waals surface area contributed by atoms with E-state index in [2.05, 4.69) is 5.32 Å². The molecule has 1 unspecified atom stereocenters. The first-order valence-corrected chi connectivity index (χ1v) is 6.66. The monoisotopic (exact) mass is 275 g/mol. The Morgan fingerprint density at radius 3 is 2.47 bits per heavy atom. The van der Waals surface area contributed by atoms with Gasteiger partial charge in [0.25, 0.3) is 5.91 Å². The summed E-state index contributed by atoms with van der Waals surface area (Å²) in [6.07, 6.45) is -0.138. The molecule has 1 aromatic carbocycles. The maximum Gasteiger partial charge on any atom is 0.305 e. The van der Waals surface area contributed by atoms with Crippen molar-refractivity contribution in [2.75, 3.05) is 0 Å². The summed E-state index contributed by atoms with van der Waals surface area (Å²) in [5.41, 5.74) is 0.787. The summed E-state index contributed by atoms with van der Waals surface area (Å²) in [6, 6.07) is 12.1. The molecule has 1 amide bonds. The van der Waals surface area contributed by atoms with Gasteiger partial charge in [-0.3, -0.25) is 9.59 Å². The molecule has 0 aliphatic rings. The Kier molecular flexibility index (Phi) is 4.30. The largest absolute Gasteiger partial charge is 0.481 e. The number of carbonyl (C=O) groups is 2. The van der Waals surface area contributed by atoms with Crippen molar-refractivity contribution in [3.8, 4) is 0 Å². The van der Waals surface area contributed by atoms with E-state index in [-0.39, 0.29) is 12.3 Å². The predicted octanol–water partition coefficient (Wildman–Crippen LogP) is 2.69. The maximum atomic E-state index is 12.0. The van der Waals surface area contributed by atoms with Gasteiger partial charge in [-0.05, 0) is 17.0 Å². The van der Waals surface area contributed by atoms with Crippen molar-refractivity contribution in [2.45, 2.75) is 12.5 Å². The van der Waals surface area contributed by atoms with Crippen molar-refractivity contribution < 1.29 is 14.7 Å². The highest BCUT2D eigenvalue weighted by molar-refractivity contribution is 7.12. The second-order valence-electron chi connectivity index (χ2n) is 4.01. The number of hydrogen-bond donors (Lipinski definition) is 2. The zero-order valence-corrected chi connectivity index (χ0v) is 10.9. The Balaban J connectivity index is 2.15. The average Bonchev–Trinajstić information content (AvgIpc) is 2.92. The molecule has 2 N–H and O–H groups in total. The van der Waals surface area contributed by atoms with E-state index in [0.717, 1.165) is 5.56 Å². The Hall–Kier alpha value is -2.14. The van der Waals surface area contributed by atoms with Gasteiger partial charge in [0.05, 0.1) is 17.3 Å². The lowest BCUT2D eigenvalue weighted by Gasteiger charge is -2.16. The normalized spacial score (nSPS) is 11.8. The molecule has 2 rings (SSSR count). The maximum absolute atomic E-state index is 12.0. The van der Waals surface area contributed by atoms with E-state index in [1.54, 1.807) is 12.1 Å². The summed E-state index contributed by atoms with van der Waals surface area (Å²) in [6.45, 7) is 0. The molecule has 0 radical (unpaired) electrons. The summed E-state index contributed by atoms with van der Waals surface area (Å²) in [7, 11) is 0. The van der Waals surface area contributed by atoms with Crippen molar-refractivity contribution in [2.24, 2.45) is 0 Å². The van der Waals surface area contributed by atoms with Crippen molar-refractivity contribution in [3.05, 3.63) is 58.3 Å². The van der Waals surface area contributed by atoms with Crippen LogP contribution in [0.1, 0.15) is 27.7 Å². The van der Waals surface area contributed by atoms with Crippen molar-refractivity contribution in [3.63, 3.8) is 0 Å². The molecule has 0 aliphatic heterocycles. The summed E-state index contributed by atoms with van der Waals surface area (Å²) < 4.78 is 0. The van der Waals surface area contributed by atoms with E-state index in [0.29, 0.717) is 4.88 Å². The van der Waals surface area contributed by atoms with Gasteiger partial charge in [-0.2, -0.15) is 0 Å². The highest BCUT2D eigenvalue weighted by Gasteiger charge is 2.18. The lowest BCUT2D eigenvalue weighted by Crippen LogP contribution is -2.29. The zero-order valence-electron chi connectivity index (χ0n) is 10.1. The minimum absolute atomic E-state index is 0.138. The van der Waals surface area contributed by atoms with E-state index in [9.17, 15) is 9.59 Å². The third kappa shape index (κ3) is 3.66. The first-order chi connectivity index (χ1) is 9.16. The molecular weight excluding hydrogens is 262 g/mol. The topological polar surface area (TPSA) is 66.4 Å². The van der Waals surface area contributed by atoms with Gasteiger partial charge in [-0.1, -0.05) is 36.4 Å². The van der Waals surface area contributed by atoms with E-state index < -0.39 is 12.0 Å². The fourth-order valence-electron chi connectivity index (χ4n) is 1.75. The second kappa shape index (κ2) is 6.15. The van der Waals surface area contributed by atoms with Crippen LogP contribution >= 0.6 is 11.3 Å². The molecule has 5 heteroatoms. The van der Waals surface area contributed by atoms with Crippen LogP contribution in [0.4, 0.5) is 0 Å². The third-order valence-electron chi connectivity index (χ3n) is 2.63. The van der Waals surface area contributed by atoms with Crippen LogP contribution in [0.25, 0.3) is 0 Å². The van der Waals surface area contributed by atoms with Gasteiger partial charge in [-0.25, -0.2) is 0 Å². The first kappa shape index (κ1) is 13.3. The van der Waals surface area contributed by atoms with Crippen LogP contribution < -0.4 is 5.32 Å². The fourth-order valence-corrected chi connectivity index (χ4v) is 2.38. The Morgan fingerprint density at radius 2 is 1.89 bits per heavy atom. The van der Waals surface area contributed by atoms with Gasteiger partial charge in [0.1, 0.15) is 0 Å². The van der Waals surface area contributed by atoms with Gasteiger partial charge >= 0.3 is 5.97 Å². The second-order valence-corrected chi connectivity index (χ2v) is 4.96. The van der Waals surface area contributed by atoms with Crippen LogP contribution in [-0.2, 0) is 4.79 Å². The van der Waals surface area contributed by atoms with Crippen molar-refractivity contribution in [1.82, 2.24) is 5.32 Å². The van der Waals surface area contributed by atoms with Crippen LogP contribution in [0.15, 0.2) is 47.8 Å². The minimum atomic E-state index is -0.944. The molecule has 2 aromatic rings. The highest BCUT2D eigenvalue weighted by atomic mass is 32.1. The number of nitrogens with one attached hydrogen (secondary N) is 1. The van der Waals surface area contributed by atoms with E-state index in [1.165, 1.54) is 11.3 Å². The van der Waals surface area contributed by atoms with Crippen LogP contribution in [0.3, 0.4) is 0 Å². The molecule has 0 bridgehead atoms. The summed E-state index contributed by atoms with van der Waals surface area (Å²) in [4.78, 5) is 23.5. The van der Waals surface area contributed by atoms with Crippen LogP contribution in [0.5, 0.6) is 0 Å². The fraction of sp³-hybridized carbons (Fsp3) is 0.143. The average molecular weight is 275 g/mol. The molecule has 19 heavy (non-hydrogen) atoms. The molecule has 0 saturated heterocycles. The van der Waals surface area contributed by atoms with Gasteiger partial charge < -0.3 is 10.4 Å². The lowest BCUT2D eigenvalue weighted by atomic mass is 10.0.